The largest absolute Gasteiger partial charge is 0.483 e. The van der Waals surface area contributed by atoms with Crippen LogP contribution < -0.4 is 10.1 Å². The summed E-state index contributed by atoms with van der Waals surface area (Å²) in [5, 5.41) is 2.92. The fourth-order valence-corrected chi connectivity index (χ4v) is 2.90. The fourth-order valence-electron chi connectivity index (χ4n) is 2.90. The molecule has 5 heteroatoms. The molecule has 0 aliphatic carbocycles. The average molecular weight is 346 g/mol. The molecule has 1 N–H and O–H groups in total. The molecule has 138 valence electrons. The Balaban J connectivity index is 1.91. The Bertz CT molecular complexity index is 564. The molecule has 2 amide bonds. The molecule has 0 aromatic heterocycles. The first-order valence-corrected chi connectivity index (χ1v) is 9.35. The molecule has 1 aliphatic heterocycles. The van der Waals surface area contributed by atoms with E-state index >= 15 is 0 Å². The first-order chi connectivity index (χ1) is 12.1. The predicted octanol–water partition coefficient (Wildman–Crippen LogP) is 3.24. The lowest BCUT2D eigenvalue weighted by atomic mass is 10.1. The minimum absolute atomic E-state index is 0.00285. The topological polar surface area (TPSA) is 58.6 Å². The van der Waals surface area contributed by atoms with Gasteiger partial charge in [0.2, 0.25) is 0 Å². The third-order valence-electron chi connectivity index (χ3n) is 4.45. The highest BCUT2D eigenvalue weighted by Crippen LogP contribution is 2.18. The monoisotopic (exact) mass is 346 g/mol. The molecule has 25 heavy (non-hydrogen) atoms. The summed E-state index contributed by atoms with van der Waals surface area (Å²) in [6.07, 6.45) is 5.41. The maximum Gasteiger partial charge on any atom is 0.260 e. The van der Waals surface area contributed by atoms with Crippen molar-refractivity contribution in [2.75, 3.05) is 26.2 Å². The zero-order chi connectivity index (χ0) is 18.1. The molecular formula is C20H30N2O3. The second-order valence-electron chi connectivity index (χ2n) is 7.02. The predicted molar refractivity (Wildman–Crippen MR) is 98.8 cm³/mol. The third kappa shape index (κ3) is 6.40. The standard InChI is InChI=1S/C20H30N2O3/c1-16(2)11-12-21-20(24)17-9-5-6-10-18(17)25-15-19(23)22-13-7-3-4-8-14-22/h5-6,9-10,16H,3-4,7-8,11-15H2,1-2H3,(H,21,24). The van der Waals surface area contributed by atoms with E-state index in [1.54, 1.807) is 18.2 Å². The summed E-state index contributed by atoms with van der Waals surface area (Å²) in [5.41, 5.74) is 0.481. The van der Waals surface area contributed by atoms with Gasteiger partial charge in [-0.15, -0.1) is 0 Å². The van der Waals surface area contributed by atoms with E-state index in [1.165, 1.54) is 12.8 Å². The maximum atomic E-state index is 12.4. The lowest BCUT2D eigenvalue weighted by Crippen LogP contribution is -2.35. The van der Waals surface area contributed by atoms with Gasteiger partial charge in [0.25, 0.3) is 11.8 Å². The third-order valence-corrected chi connectivity index (χ3v) is 4.45. The average Bonchev–Trinajstić information content (AvgIpc) is 2.89. The molecule has 0 bridgehead atoms. The van der Waals surface area contributed by atoms with Crippen LogP contribution in [-0.2, 0) is 4.79 Å². The second-order valence-corrected chi connectivity index (χ2v) is 7.02. The highest BCUT2D eigenvalue weighted by Gasteiger charge is 2.18. The summed E-state index contributed by atoms with van der Waals surface area (Å²) >= 11 is 0. The molecule has 0 atom stereocenters. The van der Waals surface area contributed by atoms with Crippen molar-refractivity contribution in [3.05, 3.63) is 29.8 Å². The van der Waals surface area contributed by atoms with Gasteiger partial charge in [-0.25, -0.2) is 0 Å². The number of amides is 2. The highest BCUT2D eigenvalue weighted by atomic mass is 16.5. The van der Waals surface area contributed by atoms with Gasteiger partial charge in [0.15, 0.2) is 6.61 Å². The van der Waals surface area contributed by atoms with Crippen LogP contribution in [0, 0.1) is 5.92 Å². The van der Waals surface area contributed by atoms with Crippen molar-refractivity contribution < 1.29 is 14.3 Å². The van der Waals surface area contributed by atoms with Gasteiger partial charge >= 0.3 is 0 Å². The Morgan fingerprint density at radius 2 is 1.80 bits per heavy atom. The molecule has 1 heterocycles. The van der Waals surface area contributed by atoms with Crippen LogP contribution >= 0.6 is 0 Å². The summed E-state index contributed by atoms with van der Waals surface area (Å²) in [5.74, 6) is 0.848. The summed E-state index contributed by atoms with van der Waals surface area (Å²) in [6, 6.07) is 7.10. The van der Waals surface area contributed by atoms with E-state index in [0.717, 1.165) is 32.4 Å². The molecule has 0 radical (unpaired) electrons. The highest BCUT2D eigenvalue weighted by molar-refractivity contribution is 5.97. The van der Waals surface area contributed by atoms with Gasteiger partial charge < -0.3 is 15.0 Å². The van der Waals surface area contributed by atoms with Crippen molar-refractivity contribution >= 4 is 11.8 Å². The van der Waals surface area contributed by atoms with E-state index in [4.69, 9.17) is 4.74 Å². The Morgan fingerprint density at radius 3 is 2.48 bits per heavy atom. The molecule has 1 aromatic carbocycles. The molecule has 0 saturated carbocycles. The van der Waals surface area contributed by atoms with E-state index in [-0.39, 0.29) is 18.4 Å². The van der Waals surface area contributed by atoms with Crippen molar-refractivity contribution in [1.29, 1.82) is 0 Å². The van der Waals surface area contributed by atoms with Crippen molar-refractivity contribution in [3.63, 3.8) is 0 Å². The molecule has 1 aromatic rings. The maximum absolute atomic E-state index is 12.4. The zero-order valence-corrected chi connectivity index (χ0v) is 15.4. The second kappa shape index (κ2) is 10.1. The van der Waals surface area contributed by atoms with Crippen molar-refractivity contribution in [1.82, 2.24) is 10.2 Å². The number of ether oxygens (including phenoxy) is 1. The number of likely N-dealkylation sites (tertiary alicyclic amines) is 1. The lowest BCUT2D eigenvalue weighted by molar-refractivity contribution is -0.133. The zero-order valence-electron chi connectivity index (χ0n) is 15.4. The van der Waals surface area contributed by atoms with Crippen LogP contribution in [0.2, 0.25) is 0 Å². The number of rotatable bonds is 7. The van der Waals surface area contributed by atoms with E-state index < -0.39 is 0 Å². The van der Waals surface area contributed by atoms with Crippen LogP contribution in [0.3, 0.4) is 0 Å². The smallest absolute Gasteiger partial charge is 0.260 e. The molecule has 2 rings (SSSR count). The van der Waals surface area contributed by atoms with E-state index in [2.05, 4.69) is 19.2 Å². The van der Waals surface area contributed by atoms with Crippen LogP contribution in [0.5, 0.6) is 5.75 Å². The van der Waals surface area contributed by atoms with Gasteiger partial charge in [-0.1, -0.05) is 38.8 Å². The number of benzene rings is 1. The van der Waals surface area contributed by atoms with Gasteiger partial charge in [-0.3, -0.25) is 9.59 Å². The number of carbonyl (C=O) groups is 2. The molecule has 1 aliphatic rings. The van der Waals surface area contributed by atoms with Crippen LogP contribution in [-0.4, -0.2) is 43.0 Å². The lowest BCUT2D eigenvalue weighted by Gasteiger charge is -2.20. The van der Waals surface area contributed by atoms with Gasteiger partial charge in [-0.2, -0.15) is 0 Å². The fraction of sp³-hybridized carbons (Fsp3) is 0.600. The number of carbonyl (C=O) groups excluding carboxylic acids is 2. The van der Waals surface area contributed by atoms with Crippen molar-refractivity contribution in [3.8, 4) is 5.75 Å². The van der Waals surface area contributed by atoms with Crippen LogP contribution in [0.4, 0.5) is 0 Å². The first kappa shape index (κ1) is 19.3. The number of nitrogens with one attached hydrogen (secondary N) is 1. The normalized spacial score (nSPS) is 14.9. The Labute approximate surface area is 150 Å². The molecule has 5 nitrogen and oxygen atoms in total. The number of para-hydroxylation sites is 1. The number of hydrogen-bond acceptors (Lipinski definition) is 3. The Hall–Kier alpha value is -2.04. The Morgan fingerprint density at radius 1 is 1.12 bits per heavy atom. The van der Waals surface area contributed by atoms with Gasteiger partial charge in [0.1, 0.15) is 5.75 Å². The molecule has 1 saturated heterocycles. The van der Waals surface area contributed by atoms with Crippen molar-refractivity contribution in [2.45, 2.75) is 46.0 Å². The quantitative estimate of drug-likeness (QED) is 0.824. The van der Waals surface area contributed by atoms with Crippen molar-refractivity contribution in [2.24, 2.45) is 5.92 Å². The van der Waals surface area contributed by atoms with Crippen LogP contribution in [0.25, 0.3) is 0 Å². The van der Waals surface area contributed by atoms with E-state index in [9.17, 15) is 9.59 Å². The SMILES string of the molecule is CC(C)CCNC(=O)c1ccccc1OCC(=O)N1CCCCCC1. The first-order valence-electron chi connectivity index (χ1n) is 9.35. The van der Waals surface area contributed by atoms with E-state index in [1.807, 2.05) is 11.0 Å². The molecule has 0 unspecified atom stereocenters. The van der Waals surface area contributed by atoms with Crippen LogP contribution in [0.1, 0.15) is 56.3 Å². The summed E-state index contributed by atoms with van der Waals surface area (Å²) in [6.45, 7) is 6.47. The summed E-state index contributed by atoms with van der Waals surface area (Å²) in [7, 11) is 0. The Kier molecular flexibility index (Phi) is 7.76. The molecule has 1 fully saturated rings. The molecular weight excluding hydrogens is 316 g/mol. The number of hydrogen-bond donors (Lipinski definition) is 1. The van der Waals surface area contributed by atoms with Gasteiger partial charge in [0, 0.05) is 19.6 Å². The van der Waals surface area contributed by atoms with Gasteiger partial charge in [-0.05, 0) is 37.3 Å². The minimum Gasteiger partial charge on any atom is -0.483 e. The van der Waals surface area contributed by atoms with Crippen LogP contribution in [0.15, 0.2) is 24.3 Å². The number of nitrogens with zero attached hydrogens (tertiary/aromatic N) is 1. The van der Waals surface area contributed by atoms with E-state index in [0.29, 0.717) is 23.8 Å². The molecule has 0 spiro atoms. The summed E-state index contributed by atoms with van der Waals surface area (Å²) in [4.78, 5) is 26.6. The minimum atomic E-state index is -0.154. The van der Waals surface area contributed by atoms with Gasteiger partial charge in [0.05, 0.1) is 5.56 Å². The summed E-state index contributed by atoms with van der Waals surface area (Å²) < 4.78 is 5.69.